The van der Waals surface area contributed by atoms with E-state index in [1.54, 1.807) is 0 Å². The molecule has 0 fully saturated rings. The average Bonchev–Trinajstić information content (AvgIpc) is 3.01. The lowest BCUT2D eigenvalue weighted by molar-refractivity contribution is 0.432. The van der Waals surface area contributed by atoms with Crippen LogP contribution < -0.4 is 5.32 Å². The van der Waals surface area contributed by atoms with Gasteiger partial charge in [0.1, 0.15) is 5.76 Å². The van der Waals surface area contributed by atoms with Gasteiger partial charge in [-0.25, -0.2) is 0 Å². The van der Waals surface area contributed by atoms with Crippen molar-refractivity contribution >= 4 is 15.9 Å². The van der Waals surface area contributed by atoms with Gasteiger partial charge in [-0.05, 0) is 47.4 Å². The summed E-state index contributed by atoms with van der Waals surface area (Å²) >= 11 is 3.36. The molecular weight excluding hydrogens is 306 g/mol. The third-order valence-corrected chi connectivity index (χ3v) is 3.34. The van der Waals surface area contributed by atoms with Crippen molar-refractivity contribution in [2.45, 2.75) is 39.3 Å². The van der Waals surface area contributed by atoms with Crippen LogP contribution in [-0.2, 0) is 6.54 Å². The molecule has 0 spiro atoms. The van der Waals surface area contributed by atoms with Crippen molar-refractivity contribution in [1.82, 2.24) is 15.1 Å². The second kappa shape index (κ2) is 6.91. The molecule has 2 aromatic rings. The standard InChI is InChI=1S/C14H20BrN3O/c1-3-7-16-14(12-5-6-13(15)19-12)11-9-17-18(10-11)8-4-2/h5-6,9-10,14,16H,3-4,7-8H2,1-2H3. The van der Waals surface area contributed by atoms with E-state index in [-0.39, 0.29) is 6.04 Å². The van der Waals surface area contributed by atoms with Crippen molar-refractivity contribution in [1.29, 1.82) is 0 Å². The Balaban J connectivity index is 2.20. The minimum atomic E-state index is 0.0665. The monoisotopic (exact) mass is 325 g/mol. The number of halogens is 1. The Hall–Kier alpha value is -1.07. The van der Waals surface area contributed by atoms with Gasteiger partial charge in [0.2, 0.25) is 0 Å². The molecular formula is C14H20BrN3O. The van der Waals surface area contributed by atoms with Crippen molar-refractivity contribution < 1.29 is 4.42 Å². The number of nitrogens with zero attached hydrogens (tertiary/aromatic N) is 2. The Morgan fingerprint density at radius 1 is 1.37 bits per heavy atom. The number of rotatable bonds is 7. The highest BCUT2D eigenvalue weighted by Gasteiger charge is 2.18. The van der Waals surface area contributed by atoms with E-state index >= 15 is 0 Å². The normalized spacial score (nSPS) is 12.8. The highest BCUT2D eigenvalue weighted by Crippen LogP contribution is 2.26. The maximum absolute atomic E-state index is 5.68. The first kappa shape index (κ1) is 14.3. The first-order valence-corrected chi connectivity index (χ1v) is 7.54. The van der Waals surface area contributed by atoms with Gasteiger partial charge >= 0.3 is 0 Å². The van der Waals surface area contributed by atoms with Crippen LogP contribution in [0.1, 0.15) is 44.1 Å². The largest absolute Gasteiger partial charge is 0.452 e. The summed E-state index contributed by atoms with van der Waals surface area (Å²) in [5, 5.41) is 7.89. The molecule has 0 bridgehead atoms. The molecule has 2 rings (SSSR count). The summed E-state index contributed by atoms with van der Waals surface area (Å²) in [5.41, 5.74) is 1.14. The van der Waals surface area contributed by atoms with E-state index in [1.807, 2.05) is 23.0 Å². The van der Waals surface area contributed by atoms with Crippen LogP contribution in [0.4, 0.5) is 0 Å². The fraction of sp³-hybridized carbons (Fsp3) is 0.500. The Kier molecular flexibility index (Phi) is 5.22. The van der Waals surface area contributed by atoms with Gasteiger partial charge in [0.25, 0.3) is 0 Å². The molecule has 2 aromatic heterocycles. The molecule has 0 aliphatic rings. The van der Waals surface area contributed by atoms with Gasteiger partial charge in [-0.15, -0.1) is 0 Å². The molecule has 2 heterocycles. The Bertz CT molecular complexity index is 506. The zero-order chi connectivity index (χ0) is 13.7. The van der Waals surface area contributed by atoms with E-state index in [1.165, 1.54) is 0 Å². The van der Waals surface area contributed by atoms with Crippen molar-refractivity contribution in [3.05, 3.63) is 40.5 Å². The molecule has 5 heteroatoms. The van der Waals surface area contributed by atoms with E-state index < -0.39 is 0 Å². The van der Waals surface area contributed by atoms with Crippen molar-refractivity contribution in [2.24, 2.45) is 0 Å². The molecule has 1 N–H and O–H groups in total. The minimum Gasteiger partial charge on any atom is -0.452 e. The summed E-state index contributed by atoms with van der Waals surface area (Å²) in [6.07, 6.45) is 6.18. The molecule has 19 heavy (non-hydrogen) atoms. The number of furan rings is 1. The van der Waals surface area contributed by atoms with Crippen LogP contribution in [-0.4, -0.2) is 16.3 Å². The Labute approximate surface area is 122 Å². The van der Waals surface area contributed by atoms with Gasteiger partial charge in [0.05, 0.1) is 12.2 Å². The lowest BCUT2D eigenvalue weighted by atomic mass is 10.1. The molecule has 0 amide bonds. The van der Waals surface area contributed by atoms with Crippen molar-refractivity contribution in [3.8, 4) is 0 Å². The predicted octanol–water partition coefficient (Wildman–Crippen LogP) is 3.74. The Morgan fingerprint density at radius 2 is 2.21 bits per heavy atom. The second-order valence-electron chi connectivity index (χ2n) is 4.57. The van der Waals surface area contributed by atoms with Gasteiger partial charge in [0, 0.05) is 18.3 Å². The van der Waals surface area contributed by atoms with E-state index in [9.17, 15) is 0 Å². The highest BCUT2D eigenvalue weighted by molar-refractivity contribution is 9.10. The summed E-state index contributed by atoms with van der Waals surface area (Å²) in [4.78, 5) is 0. The highest BCUT2D eigenvalue weighted by atomic mass is 79.9. The SMILES string of the molecule is CCCNC(c1cnn(CCC)c1)c1ccc(Br)o1. The van der Waals surface area contributed by atoms with Crippen LogP contribution in [0.3, 0.4) is 0 Å². The fourth-order valence-electron chi connectivity index (χ4n) is 2.03. The van der Waals surface area contributed by atoms with Crippen LogP contribution in [0, 0.1) is 0 Å². The van der Waals surface area contributed by atoms with Gasteiger partial charge in [-0.1, -0.05) is 13.8 Å². The minimum absolute atomic E-state index is 0.0665. The lowest BCUT2D eigenvalue weighted by Gasteiger charge is -2.14. The molecule has 0 saturated carbocycles. The molecule has 0 aliphatic carbocycles. The quantitative estimate of drug-likeness (QED) is 0.843. The summed E-state index contributed by atoms with van der Waals surface area (Å²) in [7, 11) is 0. The third kappa shape index (κ3) is 3.70. The smallest absolute Gasteiger partial charge is 0.169 e. The first-order valence-electron chi connectivity index (χ1n) is 6.75. The van der Waals surface area contributed by atoms with Gasteiger partial charge in [-0.3, -0.25) is 4.68 Å². The van der Waals surface area contributed by atoms with Crippen LogP contribution >= 0.6 is 15.9 Å². The van der Waals surface area contributed by atoms with Crippen LogP contribution in [0.15, 0.2) is 33.6 Å². The Morgan fingerprint density at radius 3 is 2.84 bits per heavy atom. The van der Waals surface area contributed by atoms with Crippen molar-refractivity contribution in [2.75, 3.05) is 6.54 Å². The van der Waals surface area contributed by atoms with E-state index in [0.717, 1.165) is 41.9 Å². The van der Waals surface area contributed by atoms with Gasteiger partial charge in [-0.2, -0.15) is 5.10 Å². The maximum Gasteiger partial charge on any atom is 0.169 e. The number of nitrogens with one attached hydrogen (secondary N) is 1. The van der Waals surface area contributed by atoms with Crippen LogP contribution in [0.25, 0.3) is 0 Å². The molecule has 0 aromatic carbocycles. The van der Waals surface area contributed by atoms with Crippen LogP contribution in [0.5, 0.6) is 0 Å². The number of hydrogen-bond donors (Lipinski definition) is 1. The zero-order valence-electron chi connectivity index (χ0n) is 11.4. The molecule has 1 atom stereocenters. The molecule has 0 saturated heterocycles. The van der Waals surface area contributed by atoms with E-state index in [0.29, 0.717) is 0 Å². The summed E-state index contributed by atoms with van der Waals surface area (Å²) < 4.78 is 8.42. The van der Waals surface area contributed by atoms with E-state index in [4.69, 9.17) is 4.42 Å². The number of aryl methyl sites for hydroxylation is 1. The summed E-state index contributed by atoms with van der Waals surface area (Å²) in [6, 6.07) is 3.98. The van der Waals surface area contributed by atoms with Gasteiger partial charge < -0.3 is 9.73 Å². The number of aromatic nitrogens is 2. The topological polar surface area (TPSA) is 43.0 Å². The number of hydrogen-bond acceptors (Lipinski definition) is 3. The summed E-state index contributed by atoms with van der Waals surface area (Å²) in [5.74, 6) is 0.913. The average molecular weight is 326 g/mol. The second-order valence-corrected chi connectivity index (χ2v) is 5.35. The molecule has 104 valence electrons. The van der Waals surface area contributed by atoms with E-state index in [2.05, 4.69) is 46.4 Å². The fourth-order valence-corrected chi connectivity index (χ4v) is 2.35. The molecule has 1 unspecified atom stereocenters. The molecule has 0 radical (unpaired) electrons. The summed E-state index contributed by atoms with van der Waals surface area (Å²) in [6.45, 7) is 6.20. The van der Waals surface area contributed by atoms with Crippen LogP contribution in [0.2, 0.25) is 0 Å². The third-order valence-electron chi connectivity index (χ3n) is 2.92. The zero-order valence-corrected chi connectivity index (χ0v) is 13.0. The lowest BCUT2D eigenvalue weighted by Crippen LogP contribution is -2.22. The first-order chi connectivity index (χ1) is 9.24. The maximum atomic E-state index is 5.68. The van der Waals surface area contributed by atoms with Gasteiger partial charge in [0.15, 0.2) is 4.67 Å². The van der Waals surface area contributed by atoms with Crippen molar-refractivity contribution in [3.63, 3.8) is 0 Å². The molecule has 4 nitrogen and oxygen atoms in total. The predicted molar refractivity (Wildman–Crippen MR) is 79.1 cm³/mol. The molecule has 0 aliphatic heterocycles.